The van der Waals surface area contributed by atoms with Gasteiger partial charge < -0.3 is 20.5 Å². The Morgan fingerprint density at radius 2 is 2.29 bits per heavy atom. The van der Waals surface area contributed by atoms with Crippen molar-refractivity contribution in [3.63, 3.8) is 0 Å². The van der Waals surface area contributed by atoms with Gasteiger partial charge in [-0.1, -0.05) is 6.07 Å². The van der Waals surface area contributed by atoms with Gasteiger partial charge in [0.15, 0.2) is 0 Å². The van der Waals surface area contributed by atoms with E-state index in [-0.39, 0.29) is 18.6 Å². The summed E-state index contributed by atoms with van der Waals surface area (Å²) in [6, 6.07) is 7.00. The molecule has 0 heterocycles. The fraction of sp³-hybridized carbons (Fsp3) is 0.417. The zero-order valence-corrected chi connectivity index (χ0v) is 10.1. The van der Waals surface area contributed by atoms with E-state index >= 15 is 0 Å². The van der Waals surface area contributed by atoms with E-state index in [1.54, 1.807) is 31.4 Å². The quantitative estimate of drug-likeness (QED) is 0.732. The number of nitrogen functional groups attached to an aromatic ring is 1. The predicted octanol–water partition coefficient (Wildman–Crippen LogP) is 1.26. The first kappa shape index (κ1) is 13.5. The largest absolute Gasteiger partial charge is 0.399 e. The molecular weight excluding hydrogens is 220 g/mol. The van der Waals surface area contributed by atoms with Gasteiger partial charge >= 0.3 is 0 Å². The van der Waals surface area contributed by atoms with Crippen molar-refractivity contribution < 1.29 is 14.3 Å². The van der Waals surface area contributed by atoms with E-state index in [0.29, 0.717) is 18.0 Å². The number of hydrogen-bond donors (Lipinski definition) is 2. The summed E-state index contributed by atoms with van der Waals surface area (Å²) in [6.07, 6.45) is -0.105. The Hall–Kier alpha value is -1.59. The molecule has 3 N–H and O–H groups in total. The minimum atomic E-state index is -0.210. The number of methoxy groups -OCH3 is 1. The van der Waals surface area contributed by atoms with Crippen LogP contribution < -0.4 is 11.1 Å². The number of hydrogen-bond acceptors (Lipinski definition) is 4. The van der Waals surface area contributed by atoms with Gasteiger partial charge in [-0.2, -0.15) is 0 Å². The summed E-state index contributed by atoms with van der Waals surface area (Å²) in [6.45, 7) is 2.31. The highest BCUT2D eigenvalue weighted by Gasteiger charge is 2.06. The highest BCUT2D eigenvalue weighted by molar-refractivity contribution is 5.92. The van der Waals surface area contributed by atoms with E-state index in [0.717, 1.165) is 0 Å². The zero-order valence-electron chi connectivity index (χ0n) is 10.1. The molecule has 1 atom stereocenters. The second kappa shape index (κ2) is 6.88. The van der Waals surface area contributed by atoms with Crippen LogP contribution in [-0.4, -0.2) is 32.3 Å². The van der Waals surface area contributed by atoms with Crippen molar-refractivity contribution in [2.75, 3.05) is 31.4 Å². The normalized spacial score (nSPS) is 12.1. The molecular formula is C12H18N2O3. The Labute approximate surface area is 101 Å². The SMILES string of the molecule is COCC(C)OCC(=O)Nc1cccc(N)c1. The van der Waals surface area contributed by atoms with Gasteiger partial charge in [0.1, 0.15) is 6.61 Å². The topological polar surface area (TPSA) is 73.6 Å². The molecule has 0 aliphatic carbocycles. The molecule has 94 valence electrons. The van der Waals surface area contributed by atoms with Crippen molar-refractivity contribution in [1.82, 2.24) is 0 Å². The second-order valence-electron chi connectivity index (χ2n) is 3.75. The van der Waals surface area contributed by atoms with Crippen LogP contribution in [0.5, 0.6) is 0 Å². The molecule has 0 radical (unpaired) electrons. The molecule has 0 fully saturated rings. The fourth-order valence-corrected chi connectivity index (χ4v) is 1.31. The van der Waals surface area contributed by atoms with Crippen molar-refractivity contribution in [2.24, 2.45) is 0 Å². The molecule has 17 heavy (non-hydrogen) atoms. The Morgan fingerprint density at radius 1 is 1.53 bits per heavy atom. The molecule has 0 saturated heterocycles. The van der Waals surface area contributed by atoms with Gasteiger partial charge in [-0.3, -0.25) is 4.79 Å². The molecule has 0 bridgehead atoms. The highest BCUT2D eigenvalue weighted by Crippen LogP contribution is 2.11. The first-order chi connectivity index (χ1) is 8.11. The molecule has 1 amide bonds. The molecule has 0 spiro atoms. The maximum atomic E-state index is 11.5. The third-order valence-corrected chi connectivity index (χ3v) is 2.07. The third-order valence-electron chi connectivity index (χ3n) is 2.07. The Morgan fingerprint density at radius 3 is 2.94 bits per heavy atom. The number of carbonyl (C=O) groups is 1. The van der Waals surface area contributed by atoms with E-state index in [9.17, 15) is 4.79 Å². The van der Waals surface area contributed by atoms with Crippen LogP contribution >= 0.6 is 0 Å². The average molecular weight is 238 g/mol. The molecule has 0 aliphatic heterocycles. The highest BCUT2D eigenvalue weighted by atomic mass is 16.5. The molecule has 1 aromatic carbocycles. The van der Waals surface area contributed by atoms with Crippen LogP contribution in [0.4, 0.5) is 11.4 Å². The van der Waals surface area contributed by atoms with Crippen molar-refractivity contribution in [3.8, 4) is 0 Å². The van der Waals surface area contributed by atoms with Crippen molar-refractivity contribution >= 4 is 17.3 Å². The van der Waals surface area contributed by atoms with Crippen molar-refractivity contribution in [2.45, 2.75) is 13.0 Å². The van der Waals surface area contributed by atoms with Crippen LogP contribution in [0.2, 0.25) is 0 Å². The molecule has 1 aromatic rings. The van der Waals surface area contributed by atoms with Crippen LogP contribution in [0, 0.1) is 0 Å². The molecule has 1 unspecified atom stereocenters. The van der Waals surface area contributed by atoms with Gasteiger partial charge in [-0.05, 0) is 25.1 Å². The lowest BCUT2D eigenvalue weighted by Gasteiger charge is -2.12. The first-order valence-electron chi connectivity index (χ1n) is 5.37. The number of nitrogens with two attached hydrogens (primary N) is 1. The maximum Gasteiger partial charge on any atom is 0.250 e. The second-order valence-corrected chi connectivity index (χ2v) is 3.75. The molecule has 0 aromatic heterocycles. The van der Waals surface area contributed by atoms with Crippen LogP contribution in [-0.2, 0) is 14.3 Å². The van der Waals surface area contributed by atoms with E-state index < -0.39 is 0 Å². The summed E-state index contributed by atoms with van der Waals surface area (Å²) in [4.78, 5) is 11.5. The Bertz CT molecular complexity index is 369. The molecule has 5 nitrogen and oxygen atoms in total. The number of rotatable bonds is 6. The standard InChI is InChI=1S/C12H18N2O3/c1-9(7-16-2)17-8-12(15)14-11-5-3-4-10(13)6-11/h3-6,9H,7-8,13H2,1-2H3,(H,14,15). The predicted molar refractivity (Wildman–Crippen MR) is 66.8 cm³/mol. The monoisotopic (exact) mass is 238 g/mol. The first-order valence-corrected chi connectivity index (χ1v) is 5.37. The molecule has 5 heteroatoms. The van der Waals surface area contributed by atoms with Crippen LogP contribution in [0.3, 0.4) is 0 Å². The smallest absolute Gasteiger partial charge is 0.250 e. The molecule has 1 rings (SSSR count). The van der Waals surface area contributed by atoms with Crippen molar-refractivity contribution in [1.29, 1.82) is 0 Å². The number of amides is 1. The number of nitrogens with one attached hydrogen (secondary N) is 1. The number of ether oxygens (including phenoxy) is 2. The lowest BCUT2D eigenvalue weighted by molar-refractivity contribution is -0.123. The van der Waals surface area contributed by atoms with Gasteiger partial charge in [0.25, 0.3) is 0 Å². The van der Waals surface area contributed by atoms with Gasteiger partial charge in [0, 0.05) is 18.5 Å². The summed E-state index contributed by atoms with van der Waals surface area (Å²) >= 11 is 0. The maximum absolute atomic E-state index is 11.5. The molecule has 0 saturated carbocycles. The van der Waals surface area contributed by atoms with Gasteiger partial charge in [0.05, 0.1) is 12.7 Å². The number of benzene rings is 1. The van der Waals surface area contributed by atoms with E-state index in [1.807, 2.05) is 6.92 Å². The van der Waals surface area contributed by atoms with Gasteiger partial charge in [-0.25, -0.2) is 0 Å². The van der Waals surface area contributed by atoms with Gasteiger partial charge in [-0.15, -0.1) is 0 Å². The minimum Gasteiger partial charge on any atom is -0.399 e. The Balaban J connectivity index is 2.34. The van der Waals surface area contributed by atoms with E-state index in [4.69, 9.17) is 15.2 Å². The van der Waals surface area contributed by atoms with Gasteiger partial charge in [0.2, 0.25) is 5.91 Å². The number of anilines is 2. The fourth-order valence-electron chi connectivity index (χ4n) is 1.31. The van der Waals surface area contributed by atoms with E-state index in [1.165, 1.54) is 0 Å². The minimum absolute atomic E-state index is 0.000669. The average Bonchev–Trinajstić information content (AvgIpc) is 2.27. The van der Waals surface area contributed by atoms with Crippen molar-refractivity contribution in [3.05, 3.63) is 24.3 Å². The van der Waals surface area contributed by atoms with Crippen LogP contribution in [0.15, 0.2) is 24.3 Å². The summed E-state index contributed by atoms with van der Waals surface area (Å²) in [5, 5.41) is 2.70. The van der Waals surface area contributed by atoms with E-state index in [2.05, 4.69) is 5.32 Å². The summed E-state index contributed by atoms with van der Waals surface area (Å²) in [5.41, 5.74) is 6.87. The lowest BCUT2D eigenvalue weighted by Crippen LogP contribution is -2.24. The number of carbonyl (C=O) groups excluding carboxylic acids is 1. The van der Waals surface area contributed by atoms with Crippen LogP contribution in [0.25, 0.3) is 0 Å². The summed E-state index contributed by atoms with van der Waals surface area (Å²) in [5.74, 6) is -0.210. The Kier molecular flexibility index (Phi) is 5.45. The molecule has 0 aliphatic rings. The van der Waals surface area contributed by atoms with Crippen LogP contribution in [0.1, 0.15) is 6.92 Å². The summed E-state index contributed by atoms with van der Waals surface area (Å²) in [7, 11) is 1.59. The zero-order chi connectivity index (χ0) is 12.7. The third kappa shape index (κ3) is 5.33. The lowest BCUT2D eigenvalue weighted by atomic mass is 10.3. The summed E-state index contributed by atoms with van der Waals surface area (Å²) < 4.78 is 10.2.